The fraction of sp³-hybridized carbons (Fsp3) is 0.409. The Labute approximate surface area is 180 Å². The monoisotopic (exact) mass is 461 g/mol. The van der Waals surface area contributed by atoms with Gasteiger partial charge in [0.2, 0.25) is 0 Å². The van der Waals surface area contributed by atoms with Gasteiger partial charge in [-0.15, -0.1) is 0 Å². The van der Waals surface area contributed by atoms with Crippen molar-refractivity contribution in [2.45, 2.75) is 13.0 Å². The van der Waals surface area contributed by atoms with Crippen molar-refractivity contribution in [2.24, 2.45) is 0 Å². The lowest BCUT2D eigenvalue weighted by molar-refractivity contribution is 0.0365. The van der Waals surface area contributed by atoms with E-state index in [-0.39, 0.29) is 6.03 Å². The van der Waals surface area contributed by atoms with Crippen LogP contribution in [-0.4, -0.2) is 62.3 Å². The smallest absolute Gasteiger partial charge is 0.322 e. The number of carbonyl (C=O) groups is 1. The van der Waals surface area contributed by atoms with Crippen LogP contribution in [0, 0.1) is 0 Å². The van der Waals surface area contributed by atoms with Crippen LogP contribution in [0.5, 0.6) is 5.75 Å². The first-order valence-electron chi connectivity index (χ1n) is 9.89. The number of nitrogens with zero attached hydrogens (tertiary/aromatic N) is 2. The number of hydrogen-bond donors (Lipinski definition) is 1. The fourth-order valence-corrected chi connectivity index (χ4v) is 3.65. The van der Waals surface area contributed by atoms with Gasteiger partial charge in [-0.2, -0.15) is 0 Å². The third-order valence-electron chi connectivity index (χ3n) is 4.94. The normalized spacial score (nSPS) is 14.4. The molecular formula is C22H28BrN3O3. The largest absolute Gasteiger partial charge is 0.497 e. The Morgan fingerprint density at radius 2 is 1.90 bits per heavy atom. The molecule has 0 atom stereocenters. The van der Waals surface area contributed by atoms with Gasteiger partial charge in [0.05, 0.1) is 26.0 Å². The average molecular weight is 462 g/mol. The molecule has 1 N–H and O–H groups in total. The second kappa shape index (κ2) is 11.2. The number of methoxy groups -OCH3 is 1. The standard InChI is InChI=1S/C22H28BrN3O3/c1-28-19-9-7-18(8-10-19)17-26(12-4-11-25-13-15-29-16-14-25)22(27)24-21-6-3-2-5-20(21)23/h2-3,5-10H,4,11-17H2,1H3,(H,24,27). The molecule has 0 aromatic heterocycles. The van der Waals surface area contributed by atoms with Gasteiger partial charge in [-0.1, -0.05) is 24.3 Å². The van der Waals surface area contributed by atoms with E-state index < -0.39 is 0 Å². The first kappa shape index (κ1) is 21.6. The third kappa shape index (κ3) is 6.73. The molecule has 1 heterocycles. The SMILES string of the molecule is COc1ccc(CN(CCCN2CCOCC2)C(=O)Nc2ccccc2Br)cc1. The molecule has 2 aromatic carbocycles. The van der Waals surface area contributed by atoms with E-state index in [0.29, 0.717) is 13.1 Å². The van der Waals surface area contributed by atoms with Crippen molar-refractivity contribution in [3.63, 3.8) is 0 Å². The van der Waals surface area contributed by atoms with E-state index in [1.165, 1.54) is 0 Å². The van der Waals surface area contributed by atoms with E-state index in [1.807, 2.05) is 53.4 Å². The molecule has 1 fully saturated rings. The van der Waals surface area contributed by atoms with Gasteiger partial charge in [0.15, 0.2) is 0 Å². The van der Waals surface area contributed by atoms with Gasteiger partial charge in [-0.25, -0.2) is 4.79 Å². The minimum Gasteiger partial charge on any atom is -0.497 e. The van der Waals surface area contributed by atoms with Gasteiger partial charge in [0, 0.05) is 37.2 Å². The molecule has 29 heavy (non-hydrogen) atoms. The molecule has 0 bridgehead atoms. The Bertz CT molecular complexity index is 779. The zero-order chi connectivity index (χ0) is 20.5. The summed E-state index contributed by atoms with van der Waals surface area (Å²) in [5, 5.41) is 3.02. The van der Waals surface area contributed by atoms with Crippen LogP contribution in [0.4, 0.5) is 10.5 Å². The molecule has 0 spiro atoms. The summed E-state index contributed by atoms with van der Waals surface area (Å²) in [6.45, 7) is 5.69. The lowest BCUT2D eigenvalue weighted by atomic mass is 10.2. The van der Waals surface area contributed by atoms with E-state index in [4.69, 9.17) is 9.47 Å². The van der Waals surface area contributed by atoms with E-state index in [9.17, 15) is 4.79 Å². The van der Waals surface area contributed by atoms with Gasteiger partial charge < -0.3 is 19.7 Å². The summed E-state index contributed by atoms with van der Waals surface area (Å²) < 4.78 is 11.5. The number of ether oxygens (including phenoxy) is 2. The molecule has 156 valence electrons. The van der Waals surface area contributed by atoms with Crippen molar-refractivity contribution in [1.29, 1.82) is 0 Å². The van der Waals surface area contributed by atoms with Gasteiger partial charge in [-0.3, -0.25) is 4.90 Å². The van der Waals surface area contributed by atoms with Crippen molar-refractivity contribution in [2.75, 3.05) is 51.8 Å². The van der Waals surface area contributed by atoms with Crippen molar-refractivity contribution in [1.82, 2.24) is 9.80 Å². The molecule has 1 saturated heterocycles. The van der Waals surface area contributed by atoms with E-state index in [0.717, 1.165) is 60.7 Å². The highest BCUT2D eigenvalue weighted by atomic mass is 79.9. The summed E-state index contributed by atoms with van der Waals surface area (Å²) in [6.07, 6.45) is 0.916. The maximum absolute atomic E-state index is 13.0. The molecule has 0 saturated carbocycles. The molecule has 7 heteroatoms. The summed E-state index contributed by atoms with van der Waals surface area (Å²) in [5.74, 6) is 0.810. The van der Waals surface area contributed by atoms with Crippen LogP contribution in [0.1, 0.15) is 12.0 Å². The number of amides is 2. The predicted molar refractivity (Wildman–Crippen MR) is 118 cm³/mol. The molecule has 0 unspecified atom stereocenters. The molecule has 0 radical (unpaired) electrons. The highest BCUT2D eigenvalue weighted by Crippen LogP contribution is 2.22. The predicted octanol–water partition coefficient (Wildman–Crippen LogP) is 4.21. The van der Waals surface area contributed by atoms with E-state index in [2.05, 4.69) is 26.1 Å². The summed E-state index contributed by atoms with van der Waals surface area (Å²) >= 11 is 3.50. The fourth-order valence-electron chi connectivity index (χ4n) is 3.27. The Morgan fingerprint density at radius 3 is 2.59 bits per heavy atom. The van der Waals surface area contributed by atoms with Gasteiger partial charge in [0.25, 0.3) is 0 Å². The minimum absolute atomic E-state index is 0.102. The summed E-state index contributed by atoms with van der Waals surface area (Å²) in [4.78, 5) is 17.3. The molecular weight excluding hydrogens is 434 g/mol. The number of halogens is 1. The molecule has 6 nitrogen and oxygen atoms in total. The molecule has 1 aliphatic heterocycles. The van der Waals surface area contributed by atoms with Crippen LogP contribution >= 0.6 is 15.9 Å². The Balaban J connectivity index is 1.63. The number of carbonyl (C=O) groups excluding carboxylic acids is 1. The van der Waals surface area contributed by atoms with Gasteiger partial charge in [-0.05, 0) is 52.2 Å². The lowest BCUT2D eigenvalue weighted by Crippen LogP contribution is -2.40. The summed E-state index contributed by atoms with van der Waals surface area (Å²) in [6, 6.07) is 15.4. The average Bonchev–Trinajstić information content (AvgIpc) is 2.76. The first-order chi connectivity index (χ1) is 14.2. The van der Waals surface area contributed by atoms with Crippen LogP contribution < -0.4 is 10.1 Å². The van der Waals surface area contributed by atoms with Crippen LogP contribution in [0.15, 0.2) is 53.0 Å². The number of hydrogen-bond acceptors (Lipinski definition) is 4. The number of para-hydroxylation sites is 1. The highest BCUT2D eigenvalue weighted by molar-refractivity contribution is 9.10. The van der Waals surface area contributed by atoms with Crippen LogP contribution in [0.3, 0.4) is 0 Å². The van der Waals surface area contributed by atoms with Gasteiger partial charge in [0.1, 0.15) is 5.75 Å². The number of nitrogens with one attached hydrogen (secondary N) is 1. The van der Waals surface area contributed by atoms with Gasteiger partial charge >= 0.3 is 6.03 Å². The number of benzene rings is 2. The molecule has 3 rings (SSSR count). The molecule has 1 aliphatic rings. The zero-order valence-electron chi connectivity index (χ0n) is 16.8. The van der Waals surface area contributed by atoms with Crippen LogP contribution in [-0.2, 0) is 11.3 Å². The Kier molecular flexibility index (Phi) is 8.34. The Hall–Kier alpha value is -2.09. The number of rotatable bonds is 8. The van der Waals surface area contributed by atoms with Crippen molar-refractivity contribution in [3.05, 3.63) is 58.6 Å². The molecule has 2 amide bonds. The first-order valence-corrected chi connectivity index (χ1v) is 10.7. The lowest BCUT2D eigenvalue weighted by Gasteiger charge is -2.28. The highest BCUT2D eigenvalue weighted by Gasteiger charge is 2.17. The van der Waals surface area contributed by atoms with E-state index >= 15 is 0 Å². The maximum atomic E-state index is 13.0. The summed E-state index contributed by atoms with van der Waals surface area (Å²) in [7, 11) is 1.65. The molecule has 2 aromatic rings. The zero-order valence-corrected chi connectivity index (χ0v) is 18.4. The summed E-state index contributed by atoms with van der Waals surface area (Å²) in [5.41, 5.74) is 1.84. The second-order valence-electron chi connectivity index (χ2n) is 6.99. The minimum atomic E-state index is -0.102. The van der Waals surface area contributed by atoms with E-state index in [1.54, 1.807) is 7.11 Å². The second-order valence-corrected chi connectivity index (χ2v) is 7.84. The maximum Gasteiger partial charge on any atom is 0.322 e. The van der Waals surface area contributed by atoms with Crippen LogP contribution in [0.25, 0.3) is 0 Å². The third-order valence-corrected chi connectivity index (χ3v) is 5.63. The quantitative estimate of drug-likeness (QED) is 0.639. The van der Waals surface area contributed by atoms with Crippen molar-refractivity contribution >= 4 is 27.6 Å². The Morgan fingerprint density at radius 1 is 1.17 bits per heavy atom. The van der Waals surface area contributed by atoms with Crippen molar-refractivity contribution in [3.8, 4) is 5.75 Å². The van der Waals surface area contributed by atoms with Crippen LogP contribution in [0.2, 0.25) is 0 Å². The molecule has 0 aliphatic carbocycles. The number of morpholine rings is 1. The number of urea groups is 1. The number of anilines is 1. The topological polar surface area (TPSA) is 54.0 Å². The van der Waals surface area contributed by atoms with Crippen molar-refractivity contribution < 1.29 is 14.3 Å².